The number of hydrogen-bond acceptors (Lipinski definition) is 7. The molecule has 0 saturated heterocycles. The van der Waals surface area contributed by atoms with E-state index in [1.807, 2.05) is 6.92 Å². The van der Waals surface area contributed by atoms with E-state index < -0.39 is 23.4 Å². The minimum Gasteiger partial charge on any atom is -0.388 e. The van der Waals surface area contributed by atoms with Gasteiger partial charge in [0.1, 0.15) is 18.0 Å². The van der Waals surface area contributed by atoms with Gasteiger partial charge in [0.25, 0.3) is 0 Å². The Kier molecular flexibility index (Phi) is 8.25. The molecule has 4 rings (SSSR count). The number of rotatable bonds is 3. The van der Waals surface area contributed by atoms with E-state index in [9.17, 15) is 24.6 Å². The Morgan fingerprint density at radius 2 is 1.77 bits per heavy atom. The van der Waals surface area contributed by atoms with Gasteiger partial charge in [0.2, 0.25) is 0 Å². The summed E-state index contributed by atoms with van der Waals surface area (Å²) in [6.45, 7) is 4.50. The molecule has 0 aromatic carbocycles. The monoisotopic (exact) mass is 615 g/mol. The van der Waals surface area contributed by atoms with E-state index in [2.05, 4.69) is 6.92 Å². The van der Waals surface area contributed by atoms with Crippen molar-refractivity contribution in [3.8, 4) is 0 Å². The molecule has 4 aliphatic rings. The molecule has 0 amide bonds. The molecule has 3 fully saturated rings. The molecular weight excluding hydrogens is 579 g/mol. The summed E-state index contributed by atoms with van der Waals surface area (Å²) in [6, 6.07) is 0. The van der Waals surface area contributed by atoms with Gasteiger partial charge in [0, 0.05) is 58.3 Å². The number of fused-ring (bicyclic) bond motifs is 5. The Morgan fingerprint density at radius 3 is 2.35 bits per heavy atom. The number of aliphatic hydroxyl groups excluding tert-OH is 1. The number of carbonyl (C=O) groups excluding carboxylic acids is 3. The molecule has 0 heterocycles. The van der Waals surface area contributed by atoms with Crippen LogP contribution in [0.2, 0.25) is 0 Å². The van der Waals surface area contributed by atoms with Gasteiger partial charge in [-0.1, -0.05) is 19.4 Å². The van der Waals surface area contributed by atoms with Crippen LogP contribution < -0.4 is 11.5 Å². The van der Waals surface area contributed by atoms with Crippen molar-refractivity contribution >= 4 is 17.3 Å². The molecule has 6 atom stereocenters. The zero-order valence-corrected chi connectivity index (χ0v) is 20.7. The molecule has 0 aliphatic heterocycles. The minimum absolute atomic E-state index is 0. The molecule has 0 radical (unpaired) electrons. The van der Waals surface area contributed by atoms with Crippen molar-refractivity contribution in [3.05, 3.63) is 11.6 Å². The molecule has 8 heteroatoms. The van der Waals surface area contributed by atoms with Crippen molar-refractivity contribution in [2.75, 3.05) is 19.7 Å². The third kappa shape index (κ3) is 4.06. The number of aliphatic hydroxyl groups is 2. The molecule has 31 heavy (non-hydrogen) atoms. The van der Waals surface area contributed by atoms with Gasteiger partial charge in [-0.2, -0.15) is 0 Å². The van der Waals surface area contributed by atoms with Gasteiger partial charge in [-0.25, -0.2) is 0 Å². The minimum atomic E-state index is -1.60. The zero-order chi connectivity index (χ0) is 22.3. The molecule has 7 nitrogen and oxygen atoms in total. The van der Waals surface area contributed by atoms with E-state index in [1.165, 1.54) is 0 Å². The SMILES string of the molecule is C[C@]12CCC(=O)C=C1CCC1C2C(=O)C[C@@]2(C)C1CC[C@]2(O)C(=O)CO.NCCN.[Pt]. The standard InChI is InChI=1S/C21H28O5.C2H8N2.Pt/c1-19-7-5-13(23)9-12(19)3-4-14-15-6-8-21(26,17(25)11-22)20(15,2)10-16(24)18(14)19;3-1-2-4;/h9,14-15,18,22,26H,3-8,10-11H2,1-2H3;1-4H2;/t14?,15?,18?,19-,20-,21-;;/m0../s1. The summed E-state index contributed by atoms with van der Waals surface area (Å²) in [4.78, 5) is 37.5. The fourth-order valence-electron chi connectivity index (χ4n) is 6.98. The van der Waals surface area contributed by atoms with Crippen LogP contribution in [0.3, 0.4) is 0 Å². The quantitative estimate of drug-likeness (QED) is 0.369. The Bertz CT molecular complexity index is 769. The summed E-state index contributed by atoms with van der Waals surface area (Å²) in [5, 5.41) is 20.5. The average Bonchev–Trinajstić information content (AvgIpc) is 2.99. The first-order valence-electron chi connectivity index (χ1n) is 11.1. The Morgan fingerprint density at radius 1 is 1.13 bits per heavy atom. The third-order valence-electron chi connectivity index (χ3n) is 8.58. The van der Waals surface area contributed by atoms with Crippen molar-refractivity contribution in [2.24, 2.45) is 40.1 Å². The van der Waals surface area contributed by atoms with Crippen molar-refractivity contribution in [2.45, 2.75) is 64.4 Å². The summed E-state index contributed by atoms with van der Waals surface area (Å²) in [5.74, 6) is -0.172. The smallest absolute Gasteiger partial charge is 0.190 e. The van der Waals surface area contributed by atoms with Gasteiger partial charge in [-0.15, -0.1) is 0 Å². The van der Waals surface area contributed by atoms with E-state index >= 15 is 0 Å². The van der Waals surface area contributed by atoms with Crippen LogP contribution in [0.5, 0.6) is 0 Å². The van der Waals surface area contributed by atoms with E-state index in [4.69, 9.17) is 11.5 Å². The summed E-state index contributed by atoms with van der Waals surface area (Å²) in [6.07, 6.45) is 5.83. The summed E-state index contributed by atoms with van der Waals surface area (Å²) >= 11 is 0. The molecule has 0 aromatic heterocycles. The van der Waals surface area contributed by atoms with Crippen LogP contribution in [0, 0.1) is 28.6 Å². The second-order valence-corrected chi connectivity index (χ2v) is 9.96. The van der Waals surface area contributed by atoms with Crippen LogP contribution in [-0.2, 0) is 35.4 Å². The maximum absolute atomic E-state index is 13.3. The van der Waals surface area contributed by atoms with Gasteiger partial charge in [0.15, 0.2) is 11.6 Å². The van der Waals surface area contributed by atoms with E-state index in [0.717, 1.165) is 18.4 Å². The molecule has 4 aliphatic carbocycles. The maximum atomic E-state index is 13.3. The summed E-state index contributed by atoms with van der Waals surface area (Å²) in [7, 11) is 0. The number of Topliss-reactive ketones (excluding diaryl/α,β-unsaturated/α-hetero) is 2. The molecule has 3 unspecified atom stereocenters. The fourth-order valence-corrected chi connectivity index (χ4v) is 6.98. The molecule has 0 aromatic rings. The molecular formula is C23H36N2O5Pt. The van der Waals surface area contributed by atoms with E-state index in [0.29, 0.717) is 38.8 Å². The van der Waals surface area contributed by atoms with Gasteiger partial charge >= 0.3 is 0 Å². The molecule has 6 N–H and O–H groups in total. The van der Waals surface area contributed by atoms with Crippen LogP contribution in [-0.4, -0.2) is 52.9 Å². The number of nitrogens with two attached hydrogens (primary N) is 2. The van der Waals surface area contributed by atoms with Crippen LogP contribution in [0.1, 0.15) is 58.8 Å². The van der Waals surface area contributed by atoms with Gasteiger partial charge in [0.05, 0.1) is 0 Å². The third-order valence-corrected chi connectivity index (χ3v) is 8.58. The second-order valence-electron chi connectivity index (χ2n) is 9.96. The number of carbonyl (C=O) groups is 3. The predicted octanol–water partition coefficient (Wildman–Crippen LogP) is 0.891. The number of allylic oxidation sites excluding steroid dienone is 1. The van der Waals surface area contributed by atoms with Crippen molar-refractivity contribution in [1.82, 2.24) is 0 Å². The largest absolute Gasteiger partial charge is 0.388 e. The van der Waals surface area contributed by atoms with Gasteiger partial charge < -0.3 is 21.7 Å². The van der Waals surface area contributed by atoms with Crippen LogP contribution in [0.15, 0.2) is 11.6 Å². The van der Waals surface area contributed by atoms with E-state index in [1.54, 1.807) is 6.08 Å². The summed E-state index contributed by atoms with van der Waals surface area (Å²) in [5.41, 5.74) is 8.25. The Labute approximate surface area is 198 Å². The molecule has 178 valence electrons. The van der Waals surface area contributed by atoms with Crippen molar-refractivity contribution in [3.63, 3.8) is 0 Å². The van der Waals surface area contributed by atoms with E-state index in [-0.39, 0.29) is 62.2 Å². The Balaban J connectivity index is 0.000000631. The Hall–Kier alpha value is -0.722. The van der Waals surface area contributed by atoms with Gasteiger partial charge in [-0.05, 0) is 55.4 Å². The normalized spacial score (nSPS) is 41.0. The zero-order valence-electron chi connectivity index (χ0n) is 18.5. The van der Waals surface area contributed by atoms with Crippen molar-refractivity contribution < 1.29 is 45.7 Å². The average molecular weight is 616 g/mol. The molecule has 0 bridgehead atoms. The van der Waals surface area contributed by atoms with Crippen LogP contribution >= 0.6 is 0 Å². The van der Waals surface area contributed by atoms with Crippen molar-refractivity contribution in [1.29, 1.82) is 0 Å². The first-order valence-corrected chi connectivity index (χ1v) is 11.1. The predicted molar refractivity (Wildman–Crippen MR) is 112 cm³/mol. The van der Waals surface area contributed by atoms with Crippen LogP contribution in [0.4, 0.5) is 0 Å². The summed E-state index contributed by atoms with van der Waals surface area (Å²) < 4.78 is 0. The first kappa shape index (κ1) is 26.5. The maximum Gasteiger partial charge on any atom is 0.190 e. The number of hydrogen-bond donors (Lipinski definition) is 4. The topological polar surface area (TPSA) is 144 Å². The molecule has 0 spiro atoms. The molecule has 3 saturated carbocycles. The van der Waals surface area contributed by atoms with Gasteiger partial charge in [-0.3, -0.25) is 14.4 Å². The van der Waals surface area contributed by atoms with Crippen LogP contribution in [0.25, 0.3) is 0 Å². The fraction of sp³-hybridized carbons (Fsp3) is 0.783. The second kappa shape index (κ2) is 9.64. The number of ketones is 3. The first-order chi connectivity index (χ1) is 14.1.